The Bertz CT molecular complexity index is 490. The maximum Gasteiger partial charge on any atom is 0.0721 e. The zero-order chi connectivity index (χ0) is 14.4. The molecule has 0 unspecified atom stereocenters. The van der Waals surface area contributed by atoms with E-state index < -0.39 is 0 Å². The van der Waals surface area contributed by atoms with E-state index in [0.29, 0.717) is 5.41 Å². The van der Waals surface area contributed by atoms with Crippen molar-refractivity contribution in [2.75, 3.05) is 0 Å². The normalized spacial score (nSPS) is 21.4. The van der Waals surface area contributed by atoms with Gasteiger partial charge in [0.1, 0.15) is 0 Å². The topological polar surface area (TPSA) is 17.8 Å². The van der Waals surface area contributed by atoms with Crippen LogP contribution in [0.25, 0.3) is 0 Å². The average Bonchev–Trinajstić information content (AvgIpc) is 2.89. The van der Waals surface area contributed by atoms with Gasteiger partial charge < -0.3 is 0 Å². The molecule has 1 heterocycles. The van der Waals surface area contributed by atoms with Crippen LogP contribution < -0.4 is 0 Å². The zero-order valence-electron chi connectivity index (χ0n) is 13.8. The predicted octanol–water partition coefficient (Wildman–Crippen LogP) is 4.65. The first kappa shape index (κ1) is 14.2. The van der Waals surface area contributed by atoms with Crippen LogP contribution in [-0.4, -0.2) is 9.78 Å². The summed E-state index contributed by atoms with van der Waals surface area (Å²) >= 11 is 0. The first-order valence-corrected chi connectivity index (χ1v) is 8.57. The van der Waals surface area contributed by atoms with E-state index in [9.17, 15) is 0 Å². The van der Waals surface area contributed by atoms with Crippen molar-refractivity contribution in [3.8, 4) is 0 Å². The van der Waals surface area contributed by atoms with E-state index >= 15 is 0 Å². The quantitative estimate of drug-likeness (QED) is 0.784. The van der Waals surface area contributed by atoms with Crippen molar-refractivity contribution in [2.45, 2.75) is 89.4 Å². The van der Waals surface area contributed by atoms with E-state index in [-0.39, 0.29) is 5.41 Å². The van der Waals surface area contributed by atoms with Crippen molar-refractivity contribution < 1.29 is 0 Å². The summed E-state index contributed by atoms with van der Waals surface area (Å²) in [6.45, 7) is 7.10. The van der Waals surface area contributed by atoms with Crippen molar-refractivity contribution in [2.24, 2.45) is 7.05 Å². The first-order valence-electron chi connectivity index (χ1n) is 8.57. The van der Waals surface area contributed by atoms with E-state index in [1.165, 1.54) is 69.2 Å². The molecule has 1 spiro atoms. The molecule has 0 aromatic carbocycles. The fourth-order valence-corrected chi connectivity index (χ4v) is 5.02. The van der Waals surface area contributed by atoms with Gasteiger partial charge in [-0.3, -0.25) is 4.68 Å². The molecule has 0 aliphatic heterocycles. The highest BCUT2D eigenvalue weighted by Crippen LogP contribution is 2.50. The smallest absolute Gasteiger partial charge is 0.0721 e. The molecule has 3 rings (SSSR count). The average molecular weight is 274 g/mol. The van der Waals surface area contributed by atoms with Gasteiger partial charge in [0.2, 0.25) is 0 Å². The zero-order valence-corrected chi connectivity index (χ0v) is 13.8. The van der Waals surface area contributed by atoms with Gasteiger partial charge in [-0.1, -0.05) is 46.5 Å². The Morgan fingerprint density at radius 2 is 1.85 bits per heavy atom. The number of hydrogen-bond acceptors (Lipinski definition) is 1. The third kappa shape index (κ3) is 2.03. The third-order valence-electron chi connectivity index (χ3n) is 5.83. The Morgan fingerprint density at radius 3 is 2.50 bits per heavy atom. The molecule has 1 saturated carbocycles. The Labute approximate surface area is 124 Å². The molecule has 2 heteroatoms. The predicted molar refractivity (Wildman–Crippen MR) is 84.2 cm³/mol. The monoisotopic (exact) mass is 274 g/mol. The number of aryl methyl sites for hydroxylation is 1. The molecule has 0 saturated heterocycles. The molecule has 0 bridgehead atoms. The maximum atomic E-state index is 5.03. The molecular formula is C18H30N2. The third-order valence-corrected chi connectivity index (χ3v) is 5.83. The minimum Gasteiger partial charge on any atom is -0.272 e. The Hall–Kier alpha value is -0.790. The lowest BCUT2D eigenvalue weighted by Crippen LogP contribution is -2.27. The van der Waals surface area contributed by atoms with Gasteiger partial charge in [0.05, 0.1) is 5.69 Å². The summed E-state index contributed by atoms with van der Waals surface area (Å²) in [5.74, 6) is 0. The van der Waals surface area contributed by atoms with Gasteiger partial charge in [-0.15, -0.1) is 0 Å². The molecule has 2 aliphatic carbocycles. The van der Waals surface area contributed by atoms with Crippen LogP contribution in [0.3, 0.4) is 0 Å². The molecule has 20 heavy (non-hydrogen) atoms. The van der Waals surface area contributed by atoms with Crippen LogP contribution >= 0.6 is 0 Å². The van der Waals surface area contributed by atoms with E-state index in [0.717, 1.165) is 0 Å². The first-order chi connectivity index (χ1) is 9.50. The Kier molecular flexibility index (Phi) is 3.46. The lowest BCUT2D eigenvalue weighted by Gasteiger charge is -2.32. The highest BCUT2D eigenvalue weighted by atomic mass is 15.3. The minimum absolute atomic E-state index is 0.268. The number of fused-ring (bicyclic) bond motifs is 2. The van der Waals surface area contributed by atoms with Gasteiger partial charge >= 0.3 is 0 Å². The number of rotatable bonds is 3. The molecule has 1 aromatic rings. The van der Waals surface area contributed by atoms with Crippen LogP contribution in [-0.2, 0) is 24.3 Å². The van der Waals surface area contributed by atoms with Crippen molar-refractivity contribution >= 4 is 0 Å². The minimum atomic E-state index is 0.268. The molecule has 112 valence electrons. The summed E-state index contributed by atoms with van der Waals surface area (Å²) in [5, 5.41) is 5.03. The van der Waals surface area contributed by atoms with Crippen molar-refractivity contribution in [3.05, 3.63) is 17.0 Å². The van der Waals surface area contributed by atoms with Crippen LogP contribution in [0.5, 0.6) is 0 Å². The second kappa shape index (κ2) is 4.89. The molecule has 2 nitrogen and oxygen atoms in total. The molecule has 0 N–H and O–H groups in total. The van der Waals surface area contributed by atoms with Gasteiger partial charge in [0.15, 0.2) is 0 Å². The Morgan fingerprint density at radius 1 is 1.15 bits per heavy atom. The van der Waals surface area contributed by atoms with Gasteiger partial charge in [0, 0.05) is 23.6 Å². The van der Waals surface area contributed by atoms with Crippen LogP contribution in [0.4, 0.5) is 0 Å². The number of aromatic nitrogens is 2. The molecule has 0 atom stereocenters. The van der Waals surface area contributed by atoms with Crippen molar-refractivity contribution in [3.63, 3.8) is 0 Å². The lowest BCUT2D eigenvalue weighted by atomic mass is 9.72. The van der Waals surface area contributed by atoms with Gasteiger partial charge in [0.25, 0.3) is 0 Å². The summed E-state index contributed by atoms with van der Waals surface area (Å²) in [6, 6.07) is 0. The maximum absolute atomic E-state index is 5.03. The van der Waals surface area contributed by atoms with Crippen molar-refractivity contribution in [1.29, 1.82) is 0 Å². The molecule has 0 amide bonds. The largest absolute Gasteiger partial charge is 0.272 e. The van der Waals surface area contributed by atoms with Gasteiger partial charge in [-0.2, -0.15) is 5.10 Å². The molecule has 1 fully saturated rings. The van der Waals surface area contributed by atoms with Gasteiger partial charge in [-0.25, -0.2) is 0 Å². The van der Waals surface area contributed by atoms with Crippen LogP contribution in [0.1, 0.15) is 89.1 Å². The van der Waals surface area contributed by atoms with E-state index in [4.69, 9.17) is 5.10 Å². The Balaban J connectivity index is 2.03. The standard InChI is InChI=1S/C18H30N2/c1-5-10-17(2,3)16-14-9-13-18(11-7-6-8-12-18)15(14)19-20(16)4/h5-13H2,1-4H3. The summed E-state index contributed by atoms with van der Waals surface area (Å²) in [7, 11) is 2.17. The number of nitrogens with zero attached hydrogens (tertiary/aromatic N) is 2. The van der Waals surface area contributed by atoms with Crippen LogP contribution in [0, 0.1) is 0 Å². The molecule has 0 radical (unpaired) electrons. The molecule has 1 aromatic heterocycles. The van der Waals surface area contributed by atoms with Crippen LogP contribution in [0.15, 0.2) is 0 Å². The number of hydrogen-bond donors (Lipinski definition) is 0. The van der Waals surface area contributed by atoms with Gasteiger partial charge in [-0.05, 0) is 37.7 Å². The fourth-order valence-electron chi connectivity index (χ4n) is 5.02. The fraction of sp³-hybridized carbons (Fsp3) is 0.833. The van der Waals surface area contributed by atoms with E-state index in [1.54, 1.807) is 5.56 Å². The van der Waals surface area contributed by atoms with Crippen LogP contribution in [0.2, 0.25) is 0 Å². The molecular weight excluding hydrogens is 244 g/mol. The van der Waals surface area contributed by atoms with Crippen molar-refractivity contribution in [1.82, 2.24) is 9.78 Å². The second-order valence-corrected chi connectivity index (χ2v) is 7.77. The highest BCUT2D eigenvalue weighted by Gasteiger charge is 2.45. The van der Waals surface area contributed by atoms with E-state index in [1.807, 2.05) is 0 Å². The van der Waals surface area contributed by atoms with E-state index in [2.05, 4.69) is 32.5 Å². The highest BCUT2D eigenvalue weighted by molar-refractivity contribution is 5.41. The summed E-state index contributed by atoms with van der Waals surface area (Å²) < 4.78 is 2.22. The summed E-state index contributed by atoms with van der Waals surface area (Å²) in [6.07, 6.45) is 12.1. The second-order valence-electron chi connectivity index (χ2n) is 7.77. The summed E-state index contributed by atoms with van der Waals surface area (Å²) in [5.41, 5.74) is 5.35. The molecule has 2 aliphatic rings. The lowest BCUT2D eigenvalue weighted by molar-refractivity contribution is 0.282. The SMILES string of the molecule is CCCC(C)(C)c1c2c(nn1C)C1(CCCCC1)CC2. The summed E-state index contributed by atoms with van der Waals surface area (Å²) in [4.78, 5) is 0.